The average molecular weight is 312 g/mol. The molecule has 1 heterocycles. The zero-order valence-corrected chi connectivity index (χ0v) is 13.5. The van der Waals surface area contributed by atoms with Crippen LogP contribution in [0.15, 0.2) is 24.3 Å². The molecule has 2 rings (SSSR count). The Labute approximate surface area is 127 Å². The van der Waals surface area contributed by atoms with Gasteiger partial charge in [-0.3, -0.25) is 0 Å². The lowest BCUT2D eigenvalue weighted by Crippen LogP contribution is -2.40. The summed E-state index contributed by atoms with van der Waals surface area (Å²) in [5.41, 5.74) is 6.88. The zero-order valence-electron chi connectivity index (χ0n) is 12.7. The summed E-state index contributed by atoms with van der Waals surface area (Å²) in [7, 11) is -3.09. The summed E-state index contributed by atoms with van der Waals surface area (Å²) in [5.74, 6) is 1.05. The molecule has 2 atom stereocenters. The van der Waals surface area contributed by atoms with E-state index in [0.29, 0.717) is 19.7 Å². The first-order chi connectivity index (χ1) is 9.86. The van der Waals surface area contributed by atoms with Crippen LogP contribution in [0.1, 0.15) is 31.4 Å². The van der Waals surface area contributed by atoms with Crippen LogP contribution < -0.4 is 10.5 Å². The number of hydrogen-bond donors (Lipinski definition) is 1. The molecule has 1 aromatic rings. The van der Waals surface area contributed by atoms with Gasteiger partial charge in [-0.15, -0.1) is 0 Å². The second-order valence-electron chi connectivity index (χ2n) is 5.80. The van der Waals surface area contributed by atoms with Crippen molar-refractivity contribution < 1.29 is 13.2 Å². The van der Waals surface area contributed by atoms with Gasteiger partial charge in [0.15, 0.2) is 0 Å². The highest BCUT2D eigenvalue weighted by Crippen LogP contribution is 2.21. The van der Waals surface area contributed by atoms with Crippen molar-refractivity contribution in [3.63, 3.8) is 0 Å². The first-order valence-corrected chi connectivity index (χ1v) is 9.14. The summed E-state index contributed by atoms with van der Waals surface area (Å²) in [6.07, 6.45) is 3.16. The molecule has 1 aliphatic rings. The van der Waals surface area contributed by atoms with E-state index in [1.165, 1.54) is 6.26 Å². The lowest BCUT2D eigenvalue weighted by molar-refractivity contribution is 0.180. The van der Waals surface area contributed by atoms with Crippen LogP contribution in [-0.4, -0.2) is 38.7 Å². The van der Waals surface area contributed by atoms with Crippen molar-refractivity contribution in [1.82, 2.24) is 4.31 Å². The molecule has 6 heteroatoms. The maximum atomic E-state index is 11.6. The third kappa shape index (κ3) is 4.69. The van der Waals surface area contributed by atoms with E-state index in [9.17, 15) is 8.42 Å². The van der Waals surface area contributed by atoms with E-state index in [4.69, 9.17) is 10.5 Å². The highest BCUT2D eigenvalue weighted by molar-refractivity contribution is 7.88. The highest BCUT2D eigenvalue weighted by Gasteiger charge is 2.26. The van der Waals surface area contributed by atoms with Gasteiger partial charge >= 0.3 is 0 Å². The second kappa shape index (κ2) is 6.77. The Morgan fingerprint density at radius 1 is 1.38 bits per heavy atom. The van der Waals surface area contributed by atoms with Crippen molar-refractivity contribution in [3.05, 3.63) is 29.8 Å². The first kappa shape index (κ1) is 16.3. The van der Waals surface area contributed by atoms with Crippen LogP contribution in [0.25, 0.3) is 0 Å². The summed E-state index contributed by atoms with van der Waals surface area (Å²) < 4.78 is 30.5. The number of piperidine rings is 1. The maximum absolute atomic E-state index is 11.6. The minimum absolute atomic E-state index is 0.0145. The van der Waals surface area contributed by atoms with Crippen molar-refractivity contribution in [1.29, 1.82) is 0 Å². The largest absolute Gasteiger partial charge is 0.493 e. The molecule has 5 nitrogen and oxygen atoms in total. The molecule has 2 unspecified atom stereocenters. The van der Waals surface area contributed by atoms with Gasteiger partial charge in [-0.25, -0.2) is 12.7 Å². The van der Waals surface area contributed by atoms with E-state index < -0.39 is 10.0 Å². The van der Waals surface area contributed by atoms with Gasteiger partial charge in [0.05, 0.1) is 12.9 Å². The van der Waals surface area contributed by atoms with Crippen molar-refractivity contribution in [2.24, 2.45) is 11.7 Å². The number of nitrogens with zero attached hydrogens (tertiary/aromatic N) is 1. The summed E-state index contributed by atoms with van der Waals surface area (Å²) in [6, 6.07) is 7.76. The SMILES string of the molecule is CC(N)c1ccc(OCC2CCCN(S(C)(=O)=O)C2)cc1. The Morgan fingerprint density at radius 3 is 2.62 bits per heavy atom. The third-order valence-corrected chi connectivity index (χ3v) is 5.11. The van der Waals surface area contributed by atoms with Gasteiger partial charge in [0, 0.05) is 25.0 Å². The molecule has 1 fully saturated rings. The van der Waals surface area contributed by atoms with E-state index in [1.54, 1.807) is 4.31 Å². The van der Waals surface area contributed by atoms with Gasteiger partial charge in [-0.1, -0.05) is 12.1 Å². The first-order valence-electron chi connectivity index (χ1n) is 7.29. The third-order valence-electron chi connectivity index (χ3n) is 3.84. The van der Waals surface area contributed by atoms with Gasteiger partial charge < -0.3 is 10.5 Å². The molecule has 1 aliphatic heterocycles. The predicted octanol–water partition coefficient (Wildman–Crippen LogP) is 1.76. The van der Waals surface area contributed by atoms with Gasteiger partial charge in [-0.2, -0.15) is 0 Å². The highest BCUT2D eigenvalue weighted by atomic mass is 32.2. The van der Waals surface area contributed by atoms with Crippen molar-refractivity contribution >= 4 is 10.0 Å². The molecule has 2 N–H and O–H groups in total. The van der Waals surface area contributed by atoms with E-state index in [0.717, 1.165) is 24.2 Å². The van der Waals surface area contributed by atoms with E-state index in [-0.39, 0.29) is 12.0 Å². The van der Waals surface area contributed by atoms with Crippen LogP contribution in [0.3, 0.4) is 0 Å². The molecular formula is C15H24N2O3S. The summed E-state index contributed by atoms with van der Waals surface area (Å²) in [6.45, 7) is 3.66. The van der Waals surface area contributed by atoms with Crippen molar-refractivity contribution in [3.8, 4) is 5.75 Å². The smallest absolute Gasteiger partial charge is 0.211 e. The monoisotopic (exact) mass is 312 g/mol. The molecule has 1 aromatic carbocycles. The van der Waals surface area contributed by atoms with Gasteiger partial charge in [-0.05, 0) is 37.5 Å². The maximum Gasteiger partial charge on any atom is 0.211 e. The number of nitrogens with two attached hydrogens (primary N) is 1. The van der Waals surface area contributed by atoms with Crippen molar-refractivity contribution in [2.75, 3.05) is 26.0 Å². The number of rotatable bonds is 5. The molecule has 1 saturated heterocycles. The minimum atomic E-state index is -3.09. The lowest BCUT2D eigenvalue weighted by atomic mass is 10.0. The van der Waals surface area contributed by atoms with Crippen LogP contribution in [0.2, 0.25) is 0 Å². The molecular weight excluding hydrogens is 288 g/mol. The lowest BCUT2D eigenvalue weighted by Gasteiger charge is -2.30. The topological polar surface area (TPSA) is 72.6 Å². The van der Waals surface area contributed by atoms with Crippen LogP contribution in [0.4, 0.5) is 0 Å². The molecule has 0 radical (unpaired) electrons. The Morgan fingerprint density at radius 2 is 2.05 bits per heavy atom. The standard InChI is InChI=1S/C15H24N2O3S/c1-12(16)14-5-7-15(8-6-14)20-11-13-4-3-9-17(10-13)21(2,18)19/h5-8,12-13H,3-4,9-11,16H2,1-2H3. The van der Waals surface area contributed by atoms with Crippen LogP contribution in [-0.2, 0) is 10.0 Å². The molecule has 0 saturated carbocycles. The van der Waals surface area contributed by atoms with Gasteiger partial charge in [0.25, 0.3) is 0 Å². The minimum Gasteiger partial charge on any atom is -0.493 e. The molecule has 0 aromatic heterocycles. The molecule has 0 aliphatic carbocycles. The summed E-state index contributed by atoms with van der Waals surface area (Å²) >= 11 is 0. The molecule has 118 valence electrons. The van der Waals surface area contributed by atoms with E-state index in [1.807, 2.05) is 31.2 Å². The van der Waals surface area contributed by atoms with Gasteiger partial charge in [0.2, 0.25) is 10.0 Å². The number of ether oxygens (including phenoxy) is 1. The molecule has 0 spiro atoms. The normalized spacial score (nSPS) is 22.0. The quantitative estimate of drug-likeness (QED) is 0.899. The Hall–Kier alpha value is -1.11. The molecule has 0 bridgehead atoms. The predicted molar refractivity (Wildman–Crippen MR) is 83.7 cm³/mol. The molecule has 21 heavy (non-hydrogen) atoms. The fraction of sp³-hybridized carbons (Fsp3) is 0.600. The number of benzene rings is 1. The second-order valence-corrected chi connectivity index (χ2v) is 7.78. The fourth-order valence-corrected chi connectivity index (χ4v) is 3.49. The Kier molecular flexibility index (Phi) is 5.24. The Bertz CT molecular complexity index is 555. The van der Waals surface area contributed by atoms with Crippen LogP contribution in [0, 0.1) is 5.92 Å². The van der Waals surface area contributed by atoms with Gasteiger partial charge in [0.1, 0.15) is 5.75 Å². The van der Waals surface area contributed by atoms with Crippen LogP contribution in [0.5, 0.6) is 5.75 Å². The van der Waals surface area contributed by atoms with Crippen molar-refractivity contribution in [2.45, 2.75) is 25.8 Å². The summed E-state index contributed by atoms with van der Waals surface area (Å²) in [5, 5.41) is 0. The number of sulfonamides is 1. The average Bonchev–Trinajstić information content (AvgIpc) is 2.45. The number of hydrogen-bond acceptors (Lipinski definition) is 4. The fourth-order valence-electron chi connectivity index (χ4n) is 2.55. The Balaban J connectivity index is 1.88. The van der Waals surface area contributed by atoms with E-state index in [2.05, 4.69) is 0 Å². The summed E-state index contributed by atoms with van der Waals surface area (Å²) in [4.78, 5) is 0. The zero-order chi connectivity index (χ0) is 15.5. The van der Waals surface area contributed by atoms with E-state index >= 15 is 0 Å². The molecule has 0 amide bonds. The van der Waals surface area contributed by atoms with Crippen LogP contribution >= 0.6 is 0 Å².